The van der Waals surface area contributed by atoms with E-state index < -0.39 is 18.0 Å². The van der Waals surface area contributed by atoms with Gasteiger partial charge in [-0.1, -0.05) is 11.6 Å². The molecular weight excluding hydrogens is 339 g/mol. The fourth-order valence-corrected chi connectivity index (χ4v) is 2.11. The van der Waals surface area contributed by atoms with Gasteiger partial charge >= 0.3 is 12.1 Å². The number of pyridine rings is 1. The van der Waals surface area contributed by atoms with Crippen LogP contribution in [0.2, 0.25) is 5.02 Å². The summed E-state index contributed by atoms with van der Waals surface area (Å²) in [7, 11) is 0. The average Bonchev–Trinajstić information content (AvgIpc) is 3.10. The van der Waals surface area contributed by atoms with Crippen LogP contribution in [0.5, 0.6) is 0 Å². The van der Waals surface area contributed by atoms with E-state index >= 15 is 0 Å². The summed E-state index contributed by atoms with van der Waals surface area (Å²) in [5, 5.41) is 17.2. The highest BCUT2D eigenvalue weighted by Gasteiger charge is 2.48. The van der Waals surface area contributed by atoms with Crippen LogP contribution in [0.25, 0.3) is 5.82 Å². The van der Waals surface area contributed by atoms with Crippen molar-refractivity contribution < 1.29 is 23.1 Å². The van der Waals surface area contributed by atoms with Gasteiger partial charge in [0.1, 0.15) is 0 Å². The minimum Gasteiger partial charge on any atom is -0.477 e. The highest BCUT2D eigenvalue weighted by molar-refractivity contribution is 6.32. The lowest BCUT2D eigenvalue weighted by molar-refractivity contribution is -0.0602. The molecule has 3 rings (SSSR count). The molecule has 0 saturated heterocycles. The zero-order chi connectivity index (χ0) is 16.8. The number of carboxylic acids is 1. The molecule has 1 aliphatic rings. The SMILES string of the molecule is O=C(O)c1cc(CN2N=C2C(F)(F)F)nn1-c1ncccc1Cl. The van der Waals surface area contributed by atoms with E-state index in [4.69, 9.17) is 11.6 Å². The Hall–Kier alpha value is -2.62. The molecule has 7 nitrogen and oxygen atoms in total. The van der Waals surface area contributed by atoms with Gasteiger partial charge in [-0.15, -0.1) is 5.10 Å². The van der Waals surface area contributed by atoms with Crippen LogP contribution >= 0.6 is 11.6 Å². The summed E-state index contributed by atoms with van der Waals surface area (Å²) < 4.78 is 38.2. The monoisotopic (exact) mass is 345 g/mol. The third-order valence-corrected chi connectivity index (χ3v) is 3.20. The second-order valence-electron chi connectivity index (χ2n) is 4.53. The van der Waals surface area contributed by atoms with Crippen LogP contribution in [0.15, 0.2) is 29.5 Å². The van der Waals surface area contributed by atoms with Gasteiger partial charge in [0.05, 0.1) is 17.3 Å². The molecule has 0 fully saturated rings. The quantitative estimate of drug-likeness (QED) is 0.919. The Morgan fingerprint density at radius 3 is 2.70 bits per heavy atom. The lowest BCUT2D eigenvalue weighted by atomic mass is 10.3. The van der Waals surface area contributed by atoms with Crippen molar-refractivity contribution in [3.63, 3.8) is 0 Å². The number of carbonyl (C=O) groups is 1. The Bertz CT molecular complexity index is 817. The molecule has 1 N–H and O–H groups in total. The molecule has 2 aromatic heterocycles. The van der Waals surface area contributed by atoms with E-state index in [9.17, 15) is 23.1 Å². The van der Waals surface area contributed by atoms with Gasteiger partial charge < -0.3 is 5.11 Å². The summed E-state index contributed by atoms with van der Waals surface area (Å²) in [4.78, 5) is 15.2. The Balaban J connectivity index is 1.89. The maximum absolute atomic E-state index is 12.4. The molecule has 0 bridgehead atoms. The Labute approximate surface area is 131 Å². The second-order valence-corrected chi connectivity index (χ2v) is 4.93. The summed E-state index contributed by atoms with van der Waals surface area (Å²) in [5.74, 6) is -2.27. The van der Waals surface area contributed by atoms with E-state index in [1.807, 2.05) is 0 Å². The van der Waals surface area contributed by atoms with Crippen molar-refractivity contribution in [1.29, 1.82) is 0 Å². The van der Waals surface area contributed by atoms with E-state index in [2.05, 4.69) is 15.2 Å². The van der Waals surface area contributed by atoms with E-state index in [0.717, 1.165) is 10.7 Å². The zero-order valence-electron chi connectivity index (χ0n) is 11.1. The van der Waals surface area contributed by atoms with E-state index in [0.29, 0.717) is 5.01 Å². The lowest BCUT2D eigenvalue weighted by Gasteiger charge is -2.05. The molecule has 11 heteroatoms. The summed E-state index contributed by atoms with van der Waals surface area (Å²) in [5.41, 5.74) is -0.178. The first kappa shape index (κ1) is 15.3. The van der Waals surface area contributed by atoms with E-state index in [1.54, 1.807) is 6.07 Å². The predicted octanol–water partition coefficient (Wildman–Crippen LogP) is 2.31. The maximum Gasteiger partial charge on any atom is 0.453 e. The highest BCUT2D eigenvalue weighted by Crippen LogP contribution is 2.30. The minimum absolute atomic E-state index is 0.0700. The number of halogens is 4. The van der Waals surface area contributed by atoms with Gasteiger partial charge in [-0.05, 0) is 18.2 Å². The average molecular weight is 346 g/mol. The first-order valence-electron chi connectivity index (χ1n) is 6.14. The molecule has 0 saturated carbocycles. The number of aromatic nitrogens is 3. The zero-order valence-corrected chi connectivity index (χ0v) is 11.9. The van der Waals surface area contributed by atoms with Crippen LogP contribution in [0.4, 0.5) is 13.2 Å². The molecule has 0 amide bonds. The van der Waals surface area contributed by atoms with Crippen LogP contribution in [0.1, 0.15) is 16.2 Å². The molecule has 23 heavy (non-hydrogen) atoms. The van der Waals surface area contributed by atoms with E-state index in [1.165, 1.54) is 12.3 Å². The van der Waals surface area contributed by atoms with Crippen molar-refractivity contribution in [1.82, 2.24) is 19.8 Å². The molecule has 120 valence electrons. The van der Waals surface area contributed by atoms with Crippen LogP contribution in [0.3, 0.4) is 0 Å². The van der Waals surface area contributed by atoms with Crippen molar-refractivity contribution in [2.24, 2.45) is 5.10 Å². The number of hydrogen-bond donors (Lipinski definition) is 1. The fraction of sp³-hybridized carbons (Fsp3) is 0.167. The lowest BCUT2D eigenvalue weighted by Crippen LogP contribution is -2.22. The molecule has 0 unspecified atom stereocenters. The van der Waals surface area contributed by atoms with Crippen molar-refractivity contribution in [3.8, 4) is 5.82 Å². The summed E-state index contributed by atoms with van der Waals surface area (Å²) >= 11 is 5.95. The largest absolute Gasteiger partial charge is 0.477 e. The molecular formula is C12H7ClF3N5O2. The smallest absolute Gasteiger partial charge is 0.453 e. The van der Waals surface area contributed by atoms with E-state index in [-0.39, 0.29) is 28.8 Å². The third-order valence-electron chi connectivity index (χ3n) is 2.90. The second kappa shape index (κ2) is 5.23. The summed E-state index contributed by atoms with van der Waals surface area (Å²) in [6, 6.07) is 4.19. The first-order chi connectivity index (χ1) is 10.8. The van der Waals surface area contributed by atoms with Crippen LogP contribution in [0, 0.1) is 0 Å². The predicted molar refractivity (Wildman–Crippen MR) is 72.4 cm³/mol. The molecule has 0 atom stereocenters. The Morgan fingerprint density at radius 2 is 2.13 bits per heavy atom. The number of hydrogen-bond acceptors (Lipinski definition) is 5. The minimum atomic E-state index is -4.54. The topological polar surface area (TPSA) is 83.4 Å². The number of rotatable bonds is 4. The molecule has 0 aromatic carbocycles. The molecule has 3 heterocycles. The summed E-state index contributed by atoms with van der Waals surface area (Å²) in [6.45, 7) is -0.299. The van der Waals surface area contributed by atoms with Gasteiger partial charge in [0, 0.05) is 6.20 Å². The van der Waals surface area contributed by atoms with Crippen LogP contribution < -0.4 is 0 Å². The van der Waals surface area contributed by atoms with Gasteiger partial charge in [0.2, 0.25) is 0 Å². The summed E-state index contributed by atoms with van der Waals surface area (Å²) in [6.07, 6.45) is -3.15. The Kier molecular flexibility index (Phi) is 3.48. The third kappa shape index (κ3) is 2.97. The van der Waals surface area contributed by atoms with Gasteiger partial charge in [-0.25, -0.2) is 19.5 Å². The number of carboxylic acid groups (broad SMARTS) is 1. The normalized spacial score (nSPS) is 13.9. The highest BCUT2D eigenvalue weighted by atomic mass is 35.5. The van der Waals surface area contributed by atoms with Crippen molar-refractivity contribution >= 4 is 23.4 Å². The van der Waals surface area contributed by atoms with Crippen LogP contribution in [-0.2, 0) is 6.54 Å². The van der Waals surface area contributed by atoms with Gasteiger partial charge in [0.15, 0.2) is 11.5 Å². The molecule has 0 radical (unpaired) electrons. The number of amidine groups is 1. The number of aromatic carboxylic acids is 1. The fourth-order valence-electron chi connectivity index (χ4n) is 1.91. The number of hydrazone groups is 1. The molecule has 0 aliphatic carbocycles. The molecule has 1 aliphatic heterocycles. The molecule has 0 spiro atoms. The standard InChI is InChI=1S/C12H7ClF3N5O2/c13-7-2-1-3-17-9(7)21-8(10(22)23)4-6(18-21)5-20-11(19-20)12(14,15)16/h1-4H,5H2,(H,22,23). The van der Waals surface area contributed by atoms with Gasteiger partial charge in [0.25, 0.3) is 5.84 Å². The van der Waals surface area contributed by atoms with Gasteiger partial charge in [-0.2, -0.15) is 18.3 Å². The van der Waals surface area contributed by atoms with Crippen molar-refractivity contribution in [2.75, 3.05) is 0 Å². The van der Waals surface area contributed by atoms with Gasteiger partial charge in [-0.3, -0.25) is 0 Å². The maximum atomic E-state index is 12.4. The number of nitrogens with zero attached hydrogens (tertiary/aromatic N) is 5. The van der Waals surface area contributed by atoms with Crippen molar-refractivity contribution in [3.05, 3.63) is 40.8 Å². The Morgan fingerprint density at radius 1 is 1.39 bits per heavy atom. The van der Waals surface area contributed by atoms with Crippen molar-refractivity contribution in [2.45, 2.75) is 12.7 Å². The molecule has 2 aromatic rings. The number of alkyl halides is 3. The van der Waals surface area contributed by atoms with Crippen LogP contribution in [-0.4, -0.2) is 42.9 Å². The first-order valence-corrected chi connectivity index (χ1v) is 6.51.